The Morgan fingerprint density at radius 1 is 1.25 bits per heavy atom. The first-order valence-corrected chi connectivity index (χ1v) is 6.98. The van der Waals surface area contributed by atoms with Crippen LogP contribution in [0.3, 0.4) is 0 Å². The molecule has 2 heterocycles. The van der Waals surface area contributed by atoms with Crippen LogP contribution in [-0.2, 0) is 6.42 Å². The summed E-state index contributed by atoms with van der Waals surface area (Å²) in [6, 6.07) is 10.2. The number of nitrogens with zero attached hydrogens (tertiary/aromatic N) is 3. The predicted molar refractivity (Wildman–Crippen MR) is 64.7 cm³/mol. The Morgan fingerprint density at radius 2 is 2.06 bits per heavy atom. The quantitative estimate of drug-likeness (QED) is 0.670. The van der Waals surface area contributed by atoms with Crippen molar-refractivity contribution in [3.8, 4) is 11.3 Å². The van der Waals surface area contributed by atoms with E-state index in [1.807, 2.05) is 28.9 Å². The van der Waals surface area contributed by atoms with Crippen LogP contribution in [0.25, 0.3) is 15.8 Å². The molecular formula is C12H11N3Se. The zero-order valence-electron chi connectivity index (χ0n) is 8.92. The molecule has 0 unspecified atom stereocenters. The standard InChI is InChI=1S/C12H11N3Se/c1-2-11-14-15-8-10(13-12(15)16-11)9-6-4-3-5-7-9/h3-8H,2H2,1H3. The number of rotatable bonds is 2. The number of imidazole rings is 1. The van der Waals surface area contributed by atoms with Crippen LogP contribution in [0.5, 0.6) is 0 Å². The van der Waals surface area contributed by atoms with E-state index in [0.29, 0.717) is 14.5 Å². The van der Waals surface area contributed by atoms with Crippen molar-refractivity contribution in [2.24, 2.45) is 0 Å². The topological polar surface area (TPSA) is 30.2 Å². The molecule has 0 aliphatic carbocycles. The molecule has 3 nitrogen and oxygen atoms in total. The Labute approximate surface area is 99.5 Å². The molecule has 16 heavy (non-hydrogen) atoms. The van der Waals surface area contributed by atoms with Gasteiger partial charge in [0.25, 0.3) is 0 Å². The van der Waals surface area contributed by atoms with Crippen LogP contribution in [0.1, 0.15) is 11.5 Å². The molecule has 0 aliphatic heterocycles. The van der Waals surface area contributed by atoms with Gasteiger partial charge in [-0.15, -0.1) is 0 Å². The number of benzene rings is 1. The fraction of sp³-hybridized carbons (Fsp3) is 0.167. The summed E-state index contributed by atoms with van der Waals surface area (Å²) in [4.78, 5) is 4.64. The first-order chi connectivity index (χ1) is 7.86. The normalized spacial score (nSPS) is 11.1. The molecule has 1 aromatic carbocycles. The van der Waals surface area contributed by atoms with E-state index in [1.54, 1.807) is 0 Å². The average molecular weight is 276 g/mol. The fourth-order valence-corrected chi connectivity index (χ4v) is 3.34. The van der Waals surface area contributed by atoms with Crippen molar-refractivity contribution in [3.05, 3.63) is 41.1 Å². The average Bonchev–Trinajstić information content (AvgIpc) is 2.87. The molecule has 80 valence electrons. The van der Waals surface area contributed by atoms with Gasteiger partial charge in [-0.1, -0.05) is 0 Å². The minimum atomic E-state index is 0.321. The predicted octanol–water partition coefficient (Wildman–Crippen LogP) is 2.02. The Bertz CT molecular complexity index is 578. The third-order valence-electron chi connectivity index (χ3n) is 2.46. The summed E-state index contributed by atoms with van der Waals surface area (Å²) < 4.78 is 4.32. The third-order valence-corrected chi connectivity index (χ3v) is 4.70. The molecule has 0 bridgehead atoms. The molecule has 0 saturated carbocycles. The van der Waals surface area contributed by atoms with Gasteiger partial charge in [-0.05, 0) is 0 Å². The van der Waals surface area contributed by atoms with Gasteiger partial charge in [0.1, 0.15) is 0 Å². The first kappa shape index (κ1) is 9.82. The second-order valence-corrected chi connectivity index (χ2v) is 5.75. The van der Waals surface area contributed by atoms with Gasteiger partial charge in [-0.25, -0.2) is 0 Å². The van der Waals surface area contributed by atoms with E-state index >= 15 is 0 Å². The number of hydrogen-bond donors (Lipinski definition) is 0. The van der Waals surface area contributed by atoms with E-state index in [0.717, 1.165) is 22.2 Å². The molecule has 0 saturated heterocycles. The fourth-order valence-electron chi connectivity index (χ4n) is 1.63. The first-order valence-electron chi connectivity index (χ1n) is 5.27. The summed E-state index contributed by atoms with van der Waals surface area (Å²) in [5, 5.41) is 4.51. The van der Waals surface area contributed by atoms with Crippen molar-refractivity contribution in [1.29, 1.82) is 0 Å². The molecule has 0 atom stereocenters. The van der Waals surface area contributed by atoms with Crippen LogP contribution in [0.15, 0.2) is 36.5 Å². The van der Waals surface area contributed by atoms with Crippen LogP contribution in [0.4, 0.5) is 0 Å². The third kappa shape index (κ3) is 1.60. The zero-order chi connectivity index (χ0) is 11.0. The molecule has 0 radical (unpaired) electrons. The number of aryl methyl sites for hydroxylation is 1. The summed E-state index contributed by atoms with van der Waals surface area (Å²) in [6.45, 7) is 2.14. The van der Waals surface area contributed by atoms with Crippen molar-refractivity contribution in [2.75, 3.05) is 0 Å². The monoisotopic (exact) mass is 277 g/mol. The SMILES string of the molecule is CCc1nn2cc(-c3ccccc3)nc2[se]1. The molecule has 0 fully saturated rings. The van der Waals surface area contributed by atoms with Crippen molar-refractivity contribution in [2.45, 2.75) is 13.3 Å². The van der Waals surface area contributed by atoms with Gasteiger partial charge in [0.15, 0.2) is 0 Å². The van der Waals surface area contributed by atoms with E-state index in [1.165, 1.54) is 4.57 Å². The van der Waals surface area contributed by atoms with E-state index in [9.17, 15) is 0 Å². The molecular weight excluding hydrogens is 265 g/mol. The van der Waals surface area contributed by atoms with Gasteiger partial charge in [-0.2, -0.15) is 0 Å². The Balaban J connectivity index is 2.10. The van der Waals surface area contributed by atoms with E-state index in [2.05, 4.69) is 29.1 Å². The molecule has 0 N–H and O–H groups in total. The van der Waals surface area contributed by atoms with Gasteiger partial charge < -0.3 is 0 Å². The summed E-state index contributed by atoms with van der Waals surface area (Å²) in [5.41, 5.74) is 2.19. The van der Waals surface area contributed by atoms with Crippen LogP contribution in [-0.4, -0.2) is 29.1 Å². The summed E-state index contributed by atoms with van der Waals surface area (Å²) in [5.74, 6) is 0. The Morgan fingerprint density at radius 3 is 2.75 bits per heavy atom. The second-order valence-electron chi connectivity index (χ2n) is 3.57. The maximum absolute atomic E-state index is 4.64. The number of hydrogen-bond acceptors (Lipinski definition) is 2. The van der Waals surface area contributed by atoms with Gasteiger partial charge >= 0.3 is 99.3 Å². The molecule has 0 spiro atoms. The van der Waals surface area contributed by atoms with E-state index in [4.69, 9.17) is 0 Å². The number of fused-ring (bicyclic) bond motifs is 1. The van der Waals surface area contributed by atoms with Gasteiger partial charge in [0.2, 0.25) is 0 Å². The second kappa shape index (κ2) is 3.89. The molecule has 0 aliphatic rings. The molecule has 2 aromatic heterocycles. The van der Waals surface area contributed by atoms with Crippen LogP contribution < -0.4 is 0 Å². The summed E-state index contributed by atoms with van der Waals surface area (Å²) in [7, 11) is 0. The Hall–Kier alpha value is -1.38. The van der Waals surface area contributed by atoms with Gasteiger partial charge in [0, 0.05) is 0 Å². The van der Waals surface area contributed by atoms with Crippen molar-refractivity contribution >= 4 is 19.0 Å². The van der Waals surface area contributed by atoms with Gasteiger partial charge in [-0.3, -0.25) is 0 Å². The van der Waals surface area contributed by atoms with Crippen molar-refractivity contribution in [3.63, 3.8) is 0 Å². The molecule has 4 heteroatoms. The maximum atomic E-state index is 4.64. The van der Waals surface area contributed by atoms with Gasteiger partial charge in [0.05, 0.1) is 0 Å². The van der Waals surface area contributed by atoms with E-state index < -0.39 is 0 Å². The number of aromatic nitrogens is 3. The van der Waals surface area contributed by atoms with Crippen LogP contribution in [0, 0.1) is 0 Å². The Kier molecular flexibility index (Phi) is 2.39. The minimum absolute atomic E-state index is 0.321. The van der Waals surface area contributed by atoms with Crippen molar-refractivity contribution < 1.29 is 0 Å². The van der Waals surface area contributed by atoms with Crippen molar-refractivity contribution in [1.82, 2.24) is 14.6 Å². The van der Waals surface area contributed by atoms with Crippen LogP contribution >= 0.6 is 0 Å². The molecule has 3 rings (SSSR count). The molecule has 3 aromatic rings. The zero-order valence-corrected chi connectivity index (χ0v) is 10.6. The summed E-state index contributed by atoms with van der Waals surface area (Å²) in [6.07, 6.45) is 3.05. The molecule has 0 amide bonds. The summed E-state index contributed by atoms with van der Waals surface area (Å²) >= 11 is 0.321. The van der Waals surface area contributed by atoms with Crippen LogP contribution in [0.2, 0.25) is 0 Å². The van der Waals surface area contributed by atoms with E-state index in [-0.39, 0.29) is 0 Å².